The van der Waals surface area contributed by atoms with Crippen molar-refractivity contribution in [2.45, 2.75) is 45.1 Å². The number of urea groups is 1. The molecule has 0 aromatic carbocycles. The number of aromatic nitrogens is 3. The number of anilines is 3. The number of rotatable bonds is 5. The van der Waals surface area contributed by atoms with Gasteiger partial charge in [0.25, 0.3) is 5.91 Å². The lowest BCUT2D eigenvalue weighted by molar-refractivity contribution is 0.0996. The van der Waals surface area contributed by atoms with Gasteiger partial charge in [0.2, 0.25) is 0 Å². The summed E-state index contributed by atoms with van der Waals surface area (Å²) in [5.41, 5.74) is 11.8. The van der Waals surface area contributed by atoms with Crippen molar-refractivity contribution in [3.8, 4) is 0 Å². The number of amides is 3. The normalized spacial score (nSPS) is 14.8. The molecule has 1 aliphatic rings. The standard InChI is InChI=1S/C16H21N7O2S/c1-9-7-12(26-22-9)21-15-13(14(17)24)19-8-11(20-15)23(16(18)25)10-5-3-2-4-6-10/h7-8,10H,2-6H2,1H3,(H2,17,24)(H2,18,25)(H,20,21). The van der Waals surface area contributed by atoms with Crippen molar-refractivity contribution in [1.29, 1.82) is 0 Å². The van der Waals surface area contributed by atoms with E-state index in [1.54, 1.807) is 0 Å². The summed E-state index contributed by atoms with van der Waals surface area (Å²) in [6.45, 7) is 1.86. The predicted molar refractivity (Wildman–Crippen MR) is 99.6 cm³/mol. The Morgan fingerprint density at radius 1 is 1.27 bits per heavy atom. The topological polar surface area (TPSA) is 140 Å². The van der Waals surface area contributed by atoms with Crippen LogP contribution in [0.1, 0.15) is 48.3 Å². The number of nitrogens with two attached hydrogens (primary N) is 2. The van der Waals surface area contributed by atoms with Crippen molar-refractivity contribution in [2.24, 2.45) is 11.5 Å². The van der Waals surface area contributed by atoms with Crippen LogP contribution in [0.3, 0.4) is 0 Å². The van der Waals surface area contributed by atoms with Crippen LogP contribution in [-0.4, -0.2) is 32.3 Å². The minimum absolute atomic E-state index is 0.00660. The summed E-state index contributed by atoms with van der Waals surface area (Å²) >= 11 is 1.23. The molecule has 1 aliphatic carbocycles. The molecule has 2 heterocycles. The van der Waals surface area contributed by atoms with Crippen LogP contribution in [0.4, 0.5) is 21.4 Å². The molecule has 0 aliphatic heterocycles. The molecule has 26 heavy (non-hydrogen) atoms. The van der Waals surface area contributed by atoms with Crippen molar-refractivity contribution >= 4 is 40.1 Å². The van der Waals surface area contributed by atoms with Crippen molar-refractivity contribution in [3.05, 3.63) is 23.7 Å². The van der Waals surface area contributed by atoms with Crippen LogP contribution in [-0.2, 0) is 0 Å². The Morgan fingerprint density at radius 3 is 2.58 bits per heavy atom. The van der Waals surface area contributed by atoms with E-state index < -0.39 is 11.9 Å². The van der Waals surface area contributed by atoms with Crippen LogP contribution in [0.5, 0.6) is 0 Å². The van der Waals surface area contributed by atoms with Gasteiger partial charge in [0.15, 0.2) is 17.3 Å². The quantitative estimate of drug-likeness (QED) is 0.732. The van der Waals surface area contributed by atoms with Crippen molar-refractivity contribution in [3.63, 3.8) is 0 Å². The molecular weight excluding hydrogens is 354 g/mol. The number of carbonyl (C=O) groups is 2. The highest BCUT2D eigenvalue weighted by atomic mass is 32.1. The van der Waals surface area contributed by atoms with E-state index in [-0.39, 0.29) is 17.6 Å². The van der Waals surface area contributed by atoms with Gasteiger partial charge >= 0.3 is 6.03 Å². The summed E-state index contributed by atoms with van der Waals surface area (Å²) in [4.78, 5) is 33.7. The first-order valence-electron chi connectivity index (χ1n) is 8.41. The van der Waals surface area contributed by atoms with E-state index in [1.807, 2.05) is 13.0 Å². The molecule has 138 valence electrons. The Hall–Kier alpha value is -2.75. The number of hydrogen-bond donors (Lipinski definition) is 3. The predicted octanol–water partition coefficient (Wildman–Crippen LogP) is 2.30. The molecule has 0 spiro atoms. The Kier molecular flexibility index (Phi) is 5.31. The zero-order valence-electron chi connectivity index (χ0n) is 14.4. The zero-order valence-corrected chi connectivity index (χ0v) is 15.3. The van der Waals surface area contributed by atoms with E-state index in [4.69, 9.17) is 11.5 Å². The third-order valence-corrected chi connectivity index (χ3v) is 5.08. The Bertz CT molecular complexity index is 817. The summed E-state index contributed by atoms with van der Waals surface area (Å²) < 4.78 is 4.18. The van der Waals surface area contributed by atoms with Gasteiger partial charge in [-0.25, -0.2) is 14.8 Å². The van der Waals surface area contributed by atoms with E-state index in [9.17, 15) is 9.59 Å². The maximum Gasteiger partial charge on any atom is 0.320 e. The first-order chi connectivity index (χ1) is 12.5. The smallest absolute Gasteiger partial charge is 0.320 e. The lowest BCUT2D eigenvalue weighted by atomic mass is 9.94. The van der Waals surface area contributed by atoms with Gasteiger partial charge in [0.05, 0.1) is 11.9 Å². The number of carbonyl (C=O) groups excluding carboxylic acids is 2. The second kappa shape index (κ2) is 7.65. The van der Waals surface area contributed by atoms with E-state index in [1.165, 1.54) is 22.6 Å². The lowest BCUT2D eigenvalue weighted by Gasteiger charge is -2.32. The average molecular weight is 375 g/mol. The van der Waals surface area contributed by atoms with Crippen LogP contribution in [0.25, 0.3) is 0 Å². The molecular formula is C16H21N7O2S. The number of aryl methyl sites for hydroxylation is 1. The summed E-state index contributed by atoms with van der Waals surface area (Å²) in [5.74, 6) is -0.227. The molecule has 0 bridgehead atoms. The fourth-order valence-electron chi connectivity index (χ4n) is 3.12. The molecule has 5 N–H and O–H groups in total. The molecule has 0 unspecified atom stereocenters. The zero-order chi connectivity index (χ0) is 18.7. The Morgan fingerprint density at radius 2 is 2.00 bits per heavy atom. The minimum atomic E-state index is -0.712. The van der Waals surface area contributed by atoms with Crippen molar-refractivity contribution in [2.75, 3.05) is 10.2 Å². The molecule has 0 saturated heterocycles. The molecule has 3 amide bonds. The molecule has 0 radical (unpaired) electrons. The van der Waals surface area contributed by atoms with Crippen LogP contribution in [0.15, 0.2) is 12.3 Å². The molecule has 2 aromatic heterocycles. The SMILES string of the molecule is Cc1cc(Nc2nc(N(C(N)=O)C3CCCCC3)cnc2C(N)=O)sn1. The van der Waals surface area contributed by atoms with Gasteiger partial charge in [0.1, 0.15) is 5.00 Å². The molecule has 9 nitrogen and oxygen atoms in total. The van der Waals surface area contributed by atoms with Crippen LogP contribution in [0, 0.1) is 6.92 Å². The van der Waals surface area contributed by atoms with E-state index in [0.717, 1.165) is 37.8 Å². The largest absolute Gasteiger partial charge is 0.364 e. The fraction of sp³-hybridized carbons (Fsp3) is 0.438. The Balaban J connectivity index is 1.97. The first kappa shape index (κ1) is 18.1. The molecule has 0 atom stereocenters. The lowest BCUT2D eigenvalue weighted by Crippen LogP contribution is -2.45. The highest BCUT2D eigenvalue weighted by Gasteiger charge is 2.28. The first-order valence-corrected chi connectivity index (χ1v) is 9.19. The fourth-order valence-corrected chi connectivity index (χ4v) is 3.78. The maximum absolute atomic E-state index is 12.1. The maximum atomic E-state index is 12.1. The van der Waals surface area contributed by atoms with Gasteiger partial charge in [-0.1, -0.05) is 19.3 Å². The number of hydrogen-bond acceptors (Lipinski definition) is 7. The van der Waals surface area contributed by atoms with E-state index in [2.05, 4.69) is 19.7 Å². The number of nitrogens with zero attached hydrogens (tertiary/aromatic N) is 4. The number of primary amides is 2. The molecule has 10 heteroatoms. The van der Waals surface area contributed by atoms with Gasteiger partial charge < -0.3 is 16.8 Å². The van der Waals surface area contributed by atoms with Gasteiger partial charge in [-0.15, -0.1) is 0 Å². The minimum Gasteiger partial charge on any atom is -0.364 e. The second-order valence-electron chi connectivity index (χ2n) is 6.25. The highest BCUT2D eigenvalue weighted by molar-refractivity contribution is 7.10. The van der Waals surface area contributed by atoms with E-state index >= 15 is 0 Å². The van der Waals surface area contributed by atoms with Crippen LogP contribution in [0.2, 0.25) is 0 Å². The van der Waals surface area contributed by atoms with Crippen LogP contribution >= 0.6 is 11.5 Å². The molecule has 3 rings (SSSR count). The van der Waals surface area contributed by atoms with Gasteiger partial charge in [-0.3, -0.25) is 9.69 Å². The summed E-state index contributed by atoms with van der Waals surface area (Å²) in [6.07, 6.45) is 6.30. The molecule has 2 aromatic rings. The summed E-state index contributed by atoms with van der Waals surface area (Å²) in [7, 11) is 0. The van der Waals surface area contributed by atoms with Gasteiger partial charge in [-0.2, -0.15) is 4.37 Å². The van der Waals surface area contributed by atoms with Crippen molar-refractivity contribution in [1.82, 2.24) is 14.3 Å². The van der Waals surface area contributed by atoms with Crippen molar-refractivity contribution < 1.29 is 9.59 Å². The molecule has 1 saturated carbocycles. The molecule has 1 fully saturated rings. The third kappa shape index (κ3) is 3.90. The second-order valence-corrected chi connectivity index (χ2v) is 7.05. The summed E-state index contributed by atoms with van der Waals surface area (Å²) in [5, 5.41) is 3.71. The third-order valence-electron chi connectivity index (χ3n) is 4.29. The summed E-state index contributed by atoms with van der Waals surface area (Å²) in [6, 6.07) is 1.21. The van der Waals surface area contributed by atoms with Gasteiger partial charge in [-0.05, 0) is 37.4 Å². The van der Waals surface area contributed by atoms with Crippen LogP contribution < -0.4 is 21.7 Å². The van der Waals surface area contributed by atoms with Gasteiger partial charge in [0, 0.05) is 6.04 Å². The monoisotopic (exact) mass is 375 g/mol. The Labute approximate surface area is 155 Å². The van der Waals surface area contributed by atoms with E-state index in [0.29, 0.717) is 10.8 Å². The number of nitrogens with one attached hydrogen (secondary N) is 1. The average Bonchev–Trinajstić information content (AvgIpc) is 3.00. The highest BCUT2D eigenvalue weighted by Crippen LogP contribution is 2.28.